The molecule has 0 radical (unpaired) electrons. The van der Waals surface area contributed by atoms with Crippen LogP contribution in [-0.2, 0) is 0 Å². The summed E-state index contributed by atoms with van der Waals surface area (Å²) in [5.41, 5.74) is 2.00. The van der Waals surface area contributed by atoms with Gasteiger partial charge in [0, 0.05) is 6.54 Å². The highest BCUT2D eigenvalue weighted by molar-refractivity contribution is 5.92. The third-order valence-corrected chi connectivity index (χ3v) is 2.93. The van der Waals surface area contributed by atoms with Crippen LogP contribution in [0.25, 0.3) is 0 Å². The number of ether oxygens (including phenoxy) is 1. The van der Waals surface area contributed by atoms with E-state index in [2.05, 4.69) is 22.2 Å². The van der Waals surface area contributed by atoms with Gasteiger partial charge in [0.25, 0.3) is 5.91 Å². The molecular formula is C18H21N3O2. The first kappa shape index (κ1) is 16.5. The lowest BCUT2D eigenvalue weighted by Crippen LogP contribution is -2.24. The highest BCUT2D eigenvalue weighted by atomic mass is 16.5. The van der Waals surface area contributed by atoms with Crippen LogP contribution < -0.4 is 15.4 Å². The molecule has 1 aromatic heterocycles. The Morgan fingerprint density at radius 3 is 2.74 bits per heavy atom. The standard InChI is InChI=1S/C18H21N3O2/c1-4-11-19-18(22)16-10-9-14(12-20-16)21-15-7-5-6-8-17(15)23-13(2)3/h4-10,12-13,21H,1,11H2,2-3H3,(H,19,22). The monoisotopic (exact) mass is 311 g/mol. The molecule has 2 aromatic rings. The minimum absolute atomic E-state index is 0.0898. The van der Waals surface area contributed by atoms with Crippen molar-refractivity contribution in [3.05, 3.63) is 60.9 Å². The van der Waals surface area contributed by atoms with Gasteiger partial charge in [-0.05, 0) is 38.1 Å². The number of amides is 1. The number of rotatable bonds is 7. The largest absolute Gasteiger partial charge is 0.489 e. The zero-order valence-corrected chi connectivity index (χ0v) is 13.4. The van der Waals surface area contributed by atoms with Crippen molar-refractivity contribution in [2.75, 3.05) is 11.9 Å². The number of carbonyl (C=O) groups excluding carboxylic acids is 1. The van der Waals surface area contributed by atoms with Gasteiger partial charge in [-0.1, -0.05) is 18.2 Å². The number of aromatic nitrogens is 1. The minimum atomic E-state index is -0.222. The normalized spacial score (nSPS) is 10.2. The number of carbonyl (C=O) groups is 1. The van der Waals surface area contributed by atoms with E-state index in [1.807, 2.05) is 44.2 Å². The Hall–Kier alpha value is -2.82. The molecule has 0 saturated heterocycles. The summed E-state index contributed by atoms with van der Waals surface area (Å²) in [5.74, 6) is 0.551. The number of anilines is 2. The second-order valence-corrected chi connectivity index (χ2v) is 5.22. The van der Waals surface area contributed by atoms with Gasteiger partial charge < -0.3 is 15.4 Å². The summed E-state index contributed by atoms with van der Waals surface area (Å²) in [5, 5.41) is 5.94. The van der Waals surface area contributed by atoms with E-state index in [1.165, 1.54) is 0 Å². The average Bonchev–Trinajstić information content (AvgIpc) is 2.54. The van der Waals surface area contributed by atoms with Crippen LogP contribution in [0.5, 0.6) is 5.75 Å². The lowest BCUT2D eigenvalue weighted by atomic mass is 10.2. The van der Waals surface area contributed by atoms with E-state index in [9.17, 15) is 4.79 Å². The molecule has 23 heavy (non-hydrogen) atoms. The van der Waals surface area contributed by atoms with Gasteiger partial charge in [0.05, 0.1) is 23.7 Å². The smallest absolute Gasteiger partial charge is 0.270 e. The van der Waals surface area contributed by atoms with Gasteiger partial charge in [0.2, 0.25) is 0 Å². The Morgan fingerprint density at radius 1 is 1.30 bits per heavy atom. The summed E-state index contributed by atoms with van der Waals surface area (Å²) < 4.78 is 5.77. The maximum Gasteiger partial charge on any atom is 0.270 e. The lowest BCUT2D eigenvalue weighted by molar-refractivity contribution is 0.0953. The molecule has 0 atom stereocenters. The Kier molecular flexibility index (Phi) is 5.74. The summed E-state index contributed by atoms with van der Waals surface area (Å²) in [6.07, 6.45) is 3.33. The van der Waals surface area contributed by atoms with Crippen molar-refractivity contribution in [1.82, 2.24) is 10.3 Å². The van der Waals surface area contributed by atoms with Crippen LogP contribution in [0.2, 0.25) is 0 Å². The maximum atomic E-state index is 11.8. The van der Waals surface area contributed by atoms with Crippen LogP contribution in [0.1, 0.15) is 24.3 Å². The highest BCUT2D eigenvalue weighted by Crippen LogP contribution is 2.27. The molecule has 5 heteroatoms. The summed E-state index contributed by atoms with van der Waals surface area (Å²) in [4.78, 5) is 16.0. The molecule has 1 amide bonds. The number of nitrogens with one attached hydrogen (secondary N) is 2. The molecule has 0 aliphatic rings. The van der Waals surface area contributed by atoms with Crippen LogP contribution in [0.15, 0.2) is 55.3 Å². The molecule has 120 valence electrons. The second kappa shape index (κ2) is 7.98. The lowest BCUT2D eigenvalue weighted by Gasteiger charge is -2.15. The van der Waals surface area contributed by atoms with Gasteiger partial charge in [-0.15, -0.1) is 6.58 Å². The molecule has 0 aliphatic heterocycles. The Balaban J connectivity index is 2.09. The maximum absolute atomic E-state index is 11.8. The van der Waals surface area contributed by atoms with E-state index in [4.69, 9.17) is 4.74 Å². The summed E-state index contributed by atoms with van der Waals surface area (Å²) >= 11 is 0. The minimum Gasteiger partial charge on any atom is -0.489 e. The first-order valence-corrected chi connectivity index (χ1v) is 7.48. The van der Waals surface area contributed by atoms with Gasteiger partial charge in [-0.2, -0.15) is 0 Å². The number of para-hydroxylation sites is 2. The van der Waals surface area contributed by atoms with Crippen molar-refractivity contribution in [2.24, 2.45) is 0 Å². The second-order valence-electron chi connectivity index (χ2n) is 5.22. The molecule has 1 aromatic carbocycles. The van der Waals surface area contributed by atoms with Gasteiger partial charge in [-0.3, -0.25) is 4.79 Å². The number of nitrogens with zero attached hydrogens (tertiary/aromatic N) is 1. The summed E-state index contributed by atoms with van der Waals surface area (Å²) in [6, 6.07) is 11.2. The fraction of sp³-hybridized carbons (Fsp3) is 0.222. The van der Waals surface area contributed by atoms with Crippen LogP contribution in [0, 0.1) is 0 Å². The highest BCUT2D eigenvalue weighted by Gasteiger charge is 2.08. The van der Waals surface area contributed by atoms with Crippen molar-refractivity contribution < 1.29 is 9.53 Å². The molecule has 2 N–H and O–H groups in total. The zero-order chi connectivity index (χ0) is 16.7. The van der Waals surface area contributed by atoms with E-state index >= 15 is 0 Å². The fourth-order valence-corrected chi connectivity index (χ4v) is 1.94. The van der Waals surface area contributed by atoms with Crippen molar-refractivity contribution >= 4 is 17.3 Å². The predicted molar refractivity (Wildman–Crippen MR) is 92.3 cm³/mol. The van der Waals surface area contributed by atoms with E-state index in [-0.39, 0.29) is 12.0 Å². The molecule has 5 nitrogen and oxygen atoms in total. The Labute approximate surface area is 136 Å². The first-order chi connectivity index (χ1) is 11.1. The van der Waals surface area contributed by atoms with Crippen LogP contribution in [-0.4, -0.2) is 23.5 Å². The Morgan fingerprint density at radius 2 is 2.09 bits per heavy atom. The van der Waals surface area contributed by atoms with Gasteiger partial charge in [0.15, 0.2) is 0 Å². The SMILES string of the molecule is C=CCNC(=O)c1ccc(Nc2ccccc2OC(C)C)cn1. The van der Waals surface area contributed by atoms with Crippen LogP contribution in [0.4, 0.5) is 11.4 Å². The Bertz CT molecular complexity index is 666. The molecule has 0 fully saturated rings. The van der Waals surface area contributed by atoms with E-state index in [1.54, 1.807) is 18.3 Å². The summed E-state index contributed by atoms with van der Waals surface area (Å²) in [7, 11) is 0. The molecule has 0 spiro atoms. The van der Waals surface area contributed by atoms with Crippen LogP contribution in [0.3, 0.4) is 0 Å². The molecule has 0 aliphatic carbocycles. The molecule has 0 saturated carbocycles. The van der Waals surface area contributed by atoms with Crippen molar-refractivity contribution in [3.8, 4) is 5.75 Å². The number of benzene rings is 1. The van der Waals surface area contributed by atoms with Crippen LogP contribution >= 0.6 is 0 Å². The van der Waals surface area contributed by atoms with Gasteiger partial charge in [-0.25, -0.2) is 4.98 Å². The molecule has 2 rings (SSSR count). The van der Waals surface area contributed by atoms with Crippen molar-refractivity contribution in [2.45, 2.75) is 20.0 Å². The number of hydrogen-bond acceptors (Lipinski definition) is 4. The fourth-order valence-electron chi connectivity index (χ4n) is 1.94. The van der Waals surface area contributed by atoms with E-state index < -0.39 is 0 Å². The molecule has 1 heterocycles. The van der Waals surface area contributed by atoms with Gasteiger partial charge >= 0.3 is 0 Å². The number of hydrogen-bond donors (Lipinski definition) is 2. The third-order valence-electron chi connectivity index (χ3n) is 2.93. The topological polar surface area (TPSA) is 63.2 Å². The van der Waals surface area contributed by atoms with E-state index in [0.717, 1.165) is 17.1 Å². The molecule has 0 unspecified atom stereocenters. The first-order valence-electron chi connectivity index (χ1n) is 7.48. The van der Waals surface area contributed by atoms with Crippen molar-refractivity contribution in [3.63, 3.8) is 0 Å². The average molecular weight is 311 g/mol. The number of pyridine rings is 1. The molecular weight excluding hydrogens is 290 g/mol. The van der Waals surface area contributed by atoms with E-state index in [0.29, 0.717) is 12.2 Å². The predicted octanol–water partition coefficient (Wildman–Crippen LogP) is 3.53. The molecule has 0 bridgehead atoms. The van der Waals surface area contributed by atoms with Crippen molar-refractivity contribution in [1.29, 1.82) is 0 Å². The zero-order valence-electron chi connectivity index (χ0n) is 13.4. The summed E-state index contributed by atoms with van der Waals surface area (Å²) in [6.45, 7) is 7.94. The van der Waals surface area contributed by atoms with Gasteiger partial charge in [0.1, 0.15) is 11.4 Å². The third kappa shape index (κ3) is 4.85. The quantitative estimate of drug-likeness (QED) is 0.768.